The Morgan fingerprint density at radius 3 is 2.58 bits per heavy atom. The highest BCUT2D eigenvalue weighted by Gasteiger charge is 2.39. The van der Waals surface area contributed by atoms with Gasteiger partial charge in [-0.15, -0.1) is 0 Å². The van der Waals surface area contributed by atoms with Crippen molar-refractivity contribution >= 4 is 12.0 Å². The van der Waals surface area contributed by atoms with Gasteiger partial charge in [0.15, 0.2) is 0 Å². The predicted octanol–water partition coefficient (Wildman–Crippen LogP) is 2.07. The highest BCUT2D eigenvalue weighted by molar-refractivity contribution is 5.83. The van der Waals surface area contributed by atoms with Crippen molar-refractivity contribution < 1.29 is 14.7 Å². The third kappa shape index (κ3) is 3.39. The molecule has 1 saturated carbocycles. The van der Waals surface area contributed by atoms with Crippen molar-refractivity contribution in [3.8, 4) is 0 Å². The van der Waals surface area contributed by atoms with Gasteiger partial charge in [0, 0.05) is 13.1 Å². The van der Waals surface area contributed by atoms with Gasteiger partial charge in [-0.1, -0.05) is 32.6 Å². The van der Waals surface area contributed by atoms with Gasteiger partial charge in [-0.05, 0) is 24.7 Å². The lowest BCUT2D eigenvalue weighted by molar-refractivity contribution is -0.142. The molecule has 1 heterocycles. The summed E-state index contributed by atoms with van der Waals surface area (Å²) in [6, 6.07) is -0.874. The van der Waals surface area contributed by atoms with E-state index in [4.69, 9.17) is 0 Å². The topological polar surface area (TPSA) is 69.6 Å². The molecule has 2 unspecified atom stereocenters. The lowest BCUT2D eigenvalue weighted by Gasteiger charge is -2.24. The number of urea groups is 1. The average Bonchev–Trinajstić information content (AvgIpc) is 2.97. The summed E-state index contributed by atoms with van der Waals surface area (Å²) in [4.78, 5) is 24.7. The first-order valence-corrected chi connectivity index (χ1v) is 7.37. The number of carboxylic acids is 1. The van der Waals surface area contributed by atoms with Crippen LogP contribution in [-0.2, 0) is 4.79 Å². The molecule has 0 aromatic heterocycles. The summed E-state index contributed by atoms with van der Waals surface area (Å²) in [5.74, 6) is -0.109. The maximum absolute atomic E-state index is 12.0. The first-order valence-electron chi connectivity index (χ1n) is 7.37. The molecule has 5 nitrogen and oxygen atoms in total. The summed E-state index contributed by atoms with van der Waals surface area (Å²) in [6.45, 7) is 3.11. The zero-order valence-electron chi connectivity index (χ0n) is 11.6. The van der Waals surface area contributed by atoms with E-state index >= 15 is 0 Å². The van der Waals surface area contributed by atoms with Crippen LogP contribution < -0.4 is 5.32 Å². The van der Waals surface area contributed by atoms with Gasteiger partial charge in [0.25, 0.3) is 0 Å². The van der Waals surface area contributed by atoms with Crippen LogP contribution in [0.2, 0.25) is 0 Å². The first kappa shape index (κ1) is 14.2. The third-order valence-corrected chi connectivity index (χ3v) is 4.52. The largest absolute Gasteiger partial charge is 0.480 e. The molecular weight excluding hydrogens is 244 g/mol. The molecule has 19 heavy (non-hydrogen) atoms. The van der Waals surface area contributed by atoms with Gasteiger partial charge >= 0.3 is 12.0 Å². The van der Waals surface area contributed by atoms with Crippen LogP contribution in [0.25, 0.3) is 0 Å². The molecular formula is C14H24N2O3. The van der Waals surface area contributed by atoms with E-state index in [0.717, 1.165) is 18.8 Å². The van der Waals surface area contributed by atoms with E-state index in [2.05, 4.69) is 5.32 Å². The maximum Gasteiger partial charge on any atom is 0.326 e. The molecule has 0 bridgehead atoms. The van der Waals surface area contributed by atoms with Crippen LogP contribution >= 0.6 is 0 Å². The molecule has 1 aliphatic carbocycles. The number of rotatable bonds is 4. The Hall–Kier alpha value is -1.26. The zero-order chi connectivity index (χ0) is 13.8. The lowest BCUT2D eigenvalue weighted by Crippen LogP contribution is -2.47. The van der Waals surface area contributed by atoms with E-state index in [0.29, 0.717) is 13.1 Å². The molecule has 0 aromatic rings. The van der Waals surface area contributed by atoms with Crippen molar-refractivity contribution in [3.63, 3.8) is 0 Å². The van der Waals surface area contributed by atoms with Gasteiger partial charge in [0.05, 0.1) is 0 Å². The van der Waals surface area contributed by atoms with Crippen LogP contribution in [0.3, 0.4) is 0 Å². The molecule has 2 aliphatic rings. The normalized spacial score (nSPS) is 27.7. The minimum atomic E-state index is -0.893. The number of likely N-dealkylation sites (tertiary alicyclic amines) is 1. The monoisotopic (exact) mass is 268 g/mol. The molecule has 0 radical (unpaired) electrons. The third-order valence-electron chi connectivity index (χ3n) is 4.52. The Morgan fingerprint density at radius 2 is 1.95 bits per heavy atom. The fourth-order valence-electron chi connectivity index (χ4n) is 3.34. The van der Waals surface area contributed by atoms with Crippen LogP contribution in [0.1, 0.15) is 45.4 Å². The average molecular weight is 268 g/mol. The number of aliphatic carboxylic acids is 1. The van der Waals surface area contributed by atoms with Crippen molar-refractivity contribution in [1.82, 2.24) is 10.2 Å². The van der Waals surface area contributed by atoms with E-state index in [1.807, 2.05) is 6.92 Å². The molecule has 2 N–H and O–H groups in total. The van der Waals surface area contributed by atoms with Gasteiger partial charge < -0.3 is 15.3 Å². The van der Waals surface area contributed by atoms with Gasteiger partial charge in [0.1, 0.15) is 6.04 Å². The number of carboxylic acid groups (broad SMARTS) is 1. The fourth-order valence-corrected chi connectivity index (χ4v) is 3.34. The molecule has 2 atom stereocenters. The molecule has 0 aromatic carbocycles. The van der Waals surface area contributed by atoms with Crippen molar-refractivity contribution in [2.24, 2.45) is 11.8 Å². The predicted molar refractivity (Wildman–Crippen MR) is 71.9 cm³/mol. The van der Waals surface area contributed by atoms with Crippen LogP contribution in [0.5, 0.6) is 0 Å². The van der Waals surface area contributed by atoms with Crippen molar-refractivity contribution in [2.75, 3.05) is 13.1 Å². The molecule has 108 valence electrons. The van der Waals surface area contributed by atoms with E-state index < -0.39 is 12.0 Å². The molecule has 1 saturated heterocycles. The Labute approximate surface area is 114 Å². The summed E-state index contributed by atoms with van der Waals surface area (Å²) >= 11 is 0. The fraction of sp³-hybridized carbons (Fsp3) is 0.857. The van der Waals surface area contributed by atoms with E-state index in [1.54, 1.807) is 0 Å². The van der Waals surface area contributed by atoms with Crippen LogP contribution in [0, 0.1) is 11.8 Å². The van der Waals surface area contributed by atoms with E-state index in [-0.39, 0.29) is 11.9 Å². The zero-order valence-corrected chi connectivity index (χ0v) is 11.6. The Kier molecular flexibility index (Phi) is 4.66. The second kappa shape index (κ2) is 6.26. The molecule has 2 amide bonds. The number of amides is 2. The van der Waals surface area contributed by atoms with Crippen LogP contribution in [0.4, 0.5) is 4.79 Å². The summed E-state index contributed by atoms with van der Waals surface area (Å²) in [6.07, 6.45) is 6.95. The second-order valence-corrected chi connectivity index (χ2v) is 5.91. The Bertz CT molecular complexity index is 340. The minimum Gasteiger partial charge on any atom is -0.480 e. The molecule has 1 aliphatic heterocycles. The van der Waals surface area contributed by atoms with Gasteiger partial charge in [-0.3, -0.25) is 0 Å². The molecule has 0 spiro atoms. The quantitative estimate of drug-likeness (QED) is 0.820. The Morgan fingerprint density at radius 1 is 1.26 bits per heavy atom. The van der Waals surface area contributed by atoms with Crippen molar-refractivity contribution in [2.45, 2.75) is 51.5 Å². The van der Waals surface area contributed by atoms with Crippen LogP contribution in [0.15, 0.2) is 0 Å². The van der Waals surface area contributed by atoms with Gasteiger partial charge in [-0.25, -0.2) is 9.59 Å². The Balaban J connectivity index is 1.77. The van der Waals surface area contributed by atoms with Gasteiger partial charge in [0.2, 0.25) is 0 Å². The molecule has 2 fully saturated rings. The summed E-state index contributed by atoms with van der Waals surface area (Å²) in [7, 11) is 0. The summed E-state index contributed by atoms with van der Waals surface area (Å²) in [5.41, 5.74) is 0. The van der Waals surface area contributed by atoms with Crippen LogP contribution in [-0.4, -0.2) is 41.1 Å². The maximum atomic E-state index is 12.0. The first-order chi connectivity index (χ1) is 9.09. The molecule has 5 heteroatoms. The second-order valence-electron chi connectivity index (χ2n) is 5.91. The van der Waals surface area contributed by atoms with E-state index in [1.165, 1.54) is 30.6 Å². The number of carbonyl (C=O) groups is 2. The number of hydrogen-bond acceptors (Lipinski definition) is 2. The smallest absolute Gasteiger partial charge is 0.326 e. The highest BCUT2D eigenvalue weighted by Crippen LogP contribution is 2.27. The summed E-state index contributed by atoms with van der Waals surface area (Å²) < 4.78 is 0. The number of nitrogens with one attached hydrogen (secondary N) is 1. The number of nitrogens with zero attached hydrogens (tertiary/aromatic N) is 1. The SMILES string of the molecule is CC1CCN(C(=O)NCCC2CCCC2)C1C(=O)O. The number of hydrogen-bond donors (Lipinski definition) is 2. The highest BCUT2D eigenvalue weighted by atomic mass is 16.4. The van der Waals surface area contributed by atoms with Gasteiger partial charge in [-0.2, -0.15) is 0 Å². The lowest BCUT2D eigenvalue weighted by atomic mass is 10.0. The van der Waals surface area contributed by atoms with E-state index in [9.17, 15) is 14.7 Å². The molecule has 2 rings (SSSR count). The van der Waals surface area contributed by atoms with Crippen molar-refractivity contribution in [1.29, 1.82) is 0 Å². The summed E-state index contributed by atoms with van der Waals surface area (Å²) in [5, 5.41) is 12.1. The standard InChI is InChI=1S/C14H24N2O3/c1-10-7-9-16(12(10)13(17)18)14(19)15-8-6-11-4-2-3-5-11/h10-12H,2-9H2,1H3,(H,15,19)(H,17,18). The van der Waals surface area contributed by atoms with Crippen molar-refractivity contribution in [3.05, 3.63) is 0 Å². The minimum absolute atomic E-state index is 0.0399. The number of carbonyl (C=O) groups excluding carboxylic acids is 1.